The predicted molar refractivity (Wildman–Crippen MR) is 58.2 cm³/mol. The maximum Gasteiger partial charge on any atom is 0.212 e. The molecule has 2 rings (SSSR count). The first-order valence-corrected chi connectivity index (χ1v) is 4.96. The smallest absolute Gasteiger partial charge is 0.212 e. The van der Waals surface area contributed by atoms with Crippen molar-refractivity contribution in [2.45, 2.75) is 0 Å². The van der Waals surface area contributed by atoms with E-state index in [4.69, 9.17) is 11.5 Å². The van der Waals surface area contributed by atoms with Gasteiger partial charge in [-0.15, -0.1) is 0 Å². The number of hydrogen-bond acceptors (Lipinski definition) is 4. The molecule has 0 radical (unpaired) electrons. The van der Waals surface area contributed by atoms with Crippen LogP contribution in [0.25, 0.3) is 0 Å². The Balaban J connectivity index is 2.79. The highest BCUT2D eigenvalue weighted by atomic mass is 79.9. The van der Waals surface area contributed by atoms with Crippen molar-refractivity contribution in [1.29, 1.82) is 0 Å². The first-order chi connectivity index (χ1) is 7.04. The molecular weight excluding hydrogens is 260 g/mol. The molecule has 0 unspecified atom stereocenters. The monoisotopic (exact) mass is 266 g/mol. The molecule has 1 aliphatic rings. The van der Waals surface area contributed by atoms with Crippen LogP contribution in [0.1, 0.15) is 20.7 Å². The molecule has 76 valence electrons. The van der Waals surface area contributed by atoms with E-state index >= 15 is 0 Å². The molecule has 1 aliphatic carbocycles. The number of rotatable bonds is 0. The van der Waals surface area contributed by atoms with Crippen LogP contribution in [0, 0.1) is 0 Å². The van der Waals surface area contributed by atoms with Crippen molar-refractivity contribution < 1.29 is 9.59 Å². The second-order valence-electron chi connectivity index (χ2n) is 3.15. The Morgan fingerprint density at radius 2 is 1.60 bits per heavy atom. The van der Waals surface area contributed by atoms with Gasteiger partial charge in [0.05, 0.1) is 0 Å². The van der Waals surface area contributed by atoms with Crippen molar-refractivity contribution in [2.24, 2.45) is 11.5 Å². The molecule has 15 heavy (non-hydrogen) atoms. The van der Waals surface area contributed by atoms with Crippen LogP contribution < -0.4 is 11.5 Å². The molecule has 0 spiro atoms. The molecule has 0 aliphatic heterocycles. The predicted octanol–water partition coefficient (Wildman–Crippen LogP) is 0.957. The highest BCUT2D eigenvalue weighted by Gasteiger charge is 2.30. The molecule has 0 bridgehead atoms. The van der Waals surface area contributed by atoms with Gasteiger partial charge >= 0.3 is 0 Å². The summed E-state index contributed by atoms with van der Waals surface area (Å²) in [5, 5.41) is 0. The van der Waals surface area contributed by atoms with Crippen LogP contribution in [-0.2, 0) is 0 Å². The van der Waals surface area contributed by atoms with Gasteiger partial charge in [-0.05, 0) is 6.07 Å². The van der Waals surface area contributed by atoms with E-state index in [0.717, 1.165) is 0 Å². The minimum atomic E-state index is -0.408. The van der Waals surface area contributed by atoms with Gasteiger partial charge < -0.3 is 11.5 Å². The zero-order valence-electron chi connectivity index (χ0n) is 7.58. The van der Waals surface area contributed by atoms with Gasteiger partial charge in [0.1, 0.15) is 11.4 Å². The molecule has 0 atom stereocenters. The first kappa shape index (κ1) is 9.92. The molecule has 0 amide bonds. The summed E-state index contributed by atoms with van der Waals surface area (Å²) >= 11 is 3.21. The second-order valence-corrected chi connectivity index (χ2v) is 4.00. The number of halogens is 1. The fraction of sp³-hybridized carbons (Fsp3) is 0. The van der Waals surface area contributed by atoms with Gasteiger partial charge in [-0.3, -0.25) is 9.59 Å². The van der Waals surface area contributed by atoms with Crippen molar-refractivity contribution in [3.8, 4) is 0 Å². The van der Waals surface area contributed by atoms with Crippen LogP contribution in [0.5, 0.6) is 0 Å². The number of hydrogen-bond donors (Lipinski definition) is 2. The van der Waals surface area contributed by atoms with Gasteiger partial charge in [0.25, 0.3) is 0 Å². The summed E-state index contributed by atoms with van der Waals surface area (Å²) in [6.07, 6.45) is 0. The molecule has 4 N–H and O–H groups in total. The van der Waals surface area contributed by atoms with Crippen LogP contribution in [0.15, 0.2) is 34.1 Å². The summed E-state index contributed by atoms with van der Waals surface area (Å²) in [6, 6.07) is 4.90. The third kappa shape index (κ3) is 1.27. The minimum absolute atomic E-state index is 0.175. The number of fused-ring (bicyclic) bond motifs is 1. The van der Waals surface area contributed by atoms with E-state index < -0.39 is 11.6 Å². The van der Waals surface area contributed by atoms with Crippen LogP contribution in [0.4, 0.5) is 0 Å². The third-order valence-corrected chi connectivity index (χ3v) is 2.93. The summed E-state index contributed by atoms with van der Waals surface area (Å²) < 4.78 is 0.550. The Kier molecular flexibility index (Phi) is 2.12. The van der Waals surface area contributed by atoms with Gasteiger partial charge in [-0.25, -0.2) is 0 Å². The minimum Gasteiger partial charge on any atom is -0.394 e. The van der Waals surface area contributed by atoms with E-state index in [1.807, 2.05) is 0 Å². The van der Waals surface area contributed by atoms with Gasteiger partial charge in [0.15, 0.2) is 0 Å². The number of benzene rings is 1. The number of ketones is 2. The van der Waals surface area contributed by atoms with Crippen molar-refractivity contribution in [3.05, 3.63) is 45.2 Å². The molecule has 0 saturated heterocycles. The number of Topliss-reactive ketones (excluding diaryl/α,β-unsaturated/α-hetero) is 2. The Hall–Kier alpha value is -1.62. The van der Waals surface area contributed by atoms with E-state index in [0.29, 0.717) is 10.0 Å². The number of carbonyl (C=O) groups excluding carboxylic acids is 2. The molecular formula is C10H7BrN2O2. The lowest BCUT2D eigenvalue weighted by molar-refractivity contribution is 0.0971. The van der Waals surface area contributed by atoms with Crippen LogP contribution in [0.3, 0.4) is 0 Å². The number of nitrogens with two attached hydrogens (primary N) is 2. The lowest BCUT2D eigenvalue weighted by atomic mass is 9.91. The summed E-state index contributed by atoms with van der Waals surface area (Å²) in [7, 11) is 0. The van der Waals surface area contributed by atoms with Crippen molar-refractivity contribution >= 4 is 27.5 Å². The third-order valence-electron chi connectivity index (χ3n) is 2.26. The summed E-state index contributed by atoms with van der Waals surface area (Å²) in [6.45, 7) is 0. The van der Waals surface area contributed by atoms with E-state index in [2.05, 4.69) is 15.9 Å². The maximum atomic E-state index is 11.7. The SMILES string of the molecule is NC1=C(N)C(=O)c2c(Br)cccc2C1=O. The van der Waals surface area contributed by atoms with Crippen LogP contribution in [0.2, 0.25) is 0 Å². The fourth-order valence-corrected chi connectivity index (χ4v) is 2.01. The molecule has 1 aromatic carbocycles. The maximum absolute atomic E-state index is 11.7. The topological polar surface area (TPSA) is 86.2 Å². The van der Waals surface area contributed by atoms with E-state index in [-0.39, 0.29) is 17.0 Å². The van der Waals surface area contributed by atoms with E-state index in [9.17, 15) is 9.59 Å². The van der Waals surface area contributed by atoms with Gasteiger partial charge in [0.2, 0.25) is 11.6 Å². The Morgan fingerprint density at radius 3 is 2.27 bits per heavy atom. The molecule has 0 heterocycles. The zero-order valence-corrected chi connectivity index (χ0v) is 9.17. The lowest BCUT2D eigenvalue weighted by Crippen LogP contribution is -2.30. The van der Waals surface area contributed by atoms with Crippen LogP contribution >= 0.6 is 15.9 Å². The fourth-order valence-electron chi connectivity index (χ4n) is 1.47. The van der Waals surface area contributed by atoms with Gasteiger partial charge in [0, 0.05) is 15.6 Å². The molecule has 0 saturated carbocycles. The standard InChI is InChI=1S/C10H7BrN2O2/c11-5-3-1-2-4-6(5)10(15)8(13)7(12)9(4)14/h1-3H,12-13H2. The van der Waals surface area contributed by atoms with Gasteiger partial charge in [-0.1, -0.05) is 28.1 Å². The van der Waals surface area contributed by atoms with Crippen molar-refractivity contribution in [2.75, 3.05) is 0 Å². The van der Waals surface area contributed by atoms with E-state index in [1.54, 1.807) is 18.2 Å². The molecule has 5 heteroatoms. The summed E-state index contributed by atoms with van der Waals surface area (Å²) in [5.41, 5.74) is 11.1. The quantitative estimate of drug-likeness (QED) is 0.732. The Labute approximate surface area is 94.1 Å². The van der Waals surface area contributed by atoms with E-state index in [1.165, 1.54) is 0 Å². The van der Waals surface area contributed by atoms with Crippen molar-refractivity contribution in [3.63, 3.8) is 0 Å². The summed E-state index contributed by atoms with van der Waals surface area (Å²) in [5.74, 6) is -0.807. The zero-order chi connectivity index (χ0) is 11.2. The highest BCUT2D eigenvalue weighted by Crippen LogP contribution is 2.28. The first-order valence-electron chi connectivity index (χ1n) is 4.17. The van der Waals surface area contributed by atoms with Crippen molar-refractivity contribution in [1.82, 2.24) is 0 Å². The van der Waals surface area contributed by atoms with Gasteiger partial charge in [-0.2, -0.15) is 0 Å². The largest absolute Gasteiger partial charge is 0.394 e. The highest BCUT2D eigenvalue weighted by molar-refractivity contribution is 9.10. The normalized spacial score (nSPS) is 15.5. The second kappa shape index (κ2) is 3.20. The Bertz CT molecular complexity index is 520. The molecule has 1 aromatic rings. The average molecular weight is 267 g/mol. The lowest BCUT2D eigenvalue weighted by Gasteiger charge is -2.16. The number of allylic oxidation sites excluding steroid dienone is 2. The number of carbonyl (C=O) groups is 2. The molecule has 4 nitrogen and oxygen atoms in total. The summed E-state index contributed by atoms with van der Waals surface area (Å²) in [4.78, 5) is 23.4. The molecule has 0 aromatic heterocycles. The average Bonchev–Trinajstić information content (AvgIpc) is 2.23. The molecule has 0 fully saturated rings. The Morgan fingerprint density at radius 1 is 1.00 bits per heavy atom. The van der Waals surface area contributed by atoms with Crippen LogP contribution in [-0.4, -0.2) is 11.6 Å².